The minimum absolute atomic E-state index is 0.0104. The van der Waals surface area contributed by atoms with E-state index in [0.29, 0.717) is 67.0 Å². The van der Waals surface area contributed by atoms with Crippen molar-refractivity contribution in [2.75, 3.05) is 35.6 Å². The number of H-pyrrole nitrogens is 3. The molecular weight excluding hydrogens is 1650 g/mol. The second-order valence-electron chi connectivity index (χ2n) is 32.0. The van der Waals surface area contributed by atoms with E-state index in [1.165, 1.54) is 51.3 Å². The molecule has 630 valence electrons. The average molecular weight is 1730 g/mol. The molecule has 0 aliphatic carbocycles. The van der Waals surface area contributed by atoms with Gasteiger partial charge in [-0.2, -0.15) is 5.26 Å². The normalized spacial score (nSPS) is 20.8. The molecule has 15 N–H and O–H groups in total. The van der Waals surface area contributed by atoms with Crippen LogP contribution < -0.4 is 43.8 Å². The van der Waals surface area contributed by atoms with E-state index in [1.54, 1.807) is 54.6 Å². The molecule has 120 heavy (non-hydrogen) atoms. The number of carbonyl (C=O) groups is 11. The van der Waals surface area contributed by atoms with Crippen LogP contribution in [0.4, 0.5) is 56.6 Å². The largest absolute Gasteiger partial charge is 0.477 e. The molecule has 0 unspecified atom stereocenters. The van der Waals surface area contributed by atoms with Crippen LogP contribution in [0.15, 0.2) is 109 Å². The molecule has 9 heterocycles. The van der Waals surface area contributed by atoms with Crippen molar-refractivity contribution >= 4 is 150 Å². The number of benzene rings is 6. The Balaban J connectivity index is 0.000000155. The zero-order valence-corrected chi connectivity index (χ0v) is 66.5. The summed E-state index contributed by atoms with van der Waals surface area (Å²) in [5.74, 6) is -13.0. The number of fused-ring (bicyclic) bond motifs is 9. The van der Waals surface area contributed by atoms with E-state index in [0.717, 1.165) is 41.3 Å². The molecular formula is C81H75Cl3F9N15O12. The summed E-state index contributed by atoms with van der Waals surface area (Å²) in [6.45, 7) is 7.00. The highest BCUT2D eigenvalue weighted by atomic mass is 35.5. The maximum atomic E-state index is 14.9. The molecule has 0 saturated carbocycles. The molecule has 39 heteroatoms. The number of primary amides is 2. The van der Waals surface area contributed by atoms with Crippen molar-refractivity contribution < 1.29 is 97.4 Å². The summed E-state index contributed by atoms with van der Waals surface area (Å²) in [6.07, 6.45) is -1.28. The molecule has 0 bridgehead atoms. The SMILES string of the molecule is CC(C)(F)C[C@H](N)C(=O)N1C[C@]2(C[C@H]1C(N)=O)C(=O)Nc1ccc(Cl)cc12.CC(C)(F)C[C@H](NC(=O)c1cc2c(F)cc(F)cc2[nH]1)C(=O)N1C[C@]2(C[C@H]1C#N)C(=O)Nc1ccc(Cl)cc12.CC(C)(F)C[C@H](NC(=O)c1cc2c(F)cc(F)cc2[nH]1)C(=O)N1C[C@]2(C[C@H]1C(N)=O)C(=O)Nc1ccc(Cl)cc12.O=C(O)c1cc2c(F)cc(F)cc2[nH]1. The van der Waals surface area contributed by atoms with Gasteiger partial charge in [-0.3, -0.25) is 47.9 Å². The second-order valence-corrected chi connectivity index (χ2v) is 33.3. The van der Waals surface area contributed by atoms with Crippen molar-refractivity contribution in [3.63, 3.8) is 0 Å². The zero-order chi connectivity index (χ0) is 87.9. The van der Waals surface area contributed by atoms with E-state index in [1.807, 2.05) is 6.07 Å². The molecule has 3 saturated heterocycles. The van der Waals surface area contributed by atoms with Crippen LogP contribution in [-0.4, -0.2) is 173 Å². The number of rotatable bonds is 16. The highest BCUT2D eigenvalue weighted by Gasteiger charge is 2.61. The summed E-state index contributed by atoms with van der Waals surface area (Å²) in [7, 11) is 0. The number of aromatic nitrogens is 3. The molecule has 9 aromatic rings. The lowest BCUT2D eigenvalue weighted by Crippen LogP contribution is -2.54. The third-order valence-electron chi connectivity index (χ3n) is 21.6. The van der Waals surface area contributed by atoms with Crippen molar-refractivity contribution in [2.45, 2.75) is 150 Å². The number of halogens is 12. The number of hydrogen-bond acceptors (Lipinski definition) is 13. The number of likely N-dealkylation sites (tertiary alicyclic amines) is 3. The van der Waals surface area contributed by atoms with Crippen LogP contribution in [0.3, 0.4) is 0 Å². The molecule has 10 amide bonds. The number of anilines is 3. The number of nitrogens with zero attached hydrogens (tertiary/aromatic N) is 4. The first-order valence-corrected chi connectivity index (χ1v) is 38.0. The number of carbonyl (C=O) groups excluding carboxylic acids is 10. The molecule has 6 aliphatic heterocycles. The number of nitrogens with two attached hydrogens (primary N) is 3. The quantitative estimate of drug-likeness (QED) is 0.0400. The van der Waals surface area contributed by atoms with Gasteiger partial charge in [0.1, 0.15) is 99.2 Å². The maximum absolute atomic E-state index is 14.9. The predicted molar refractivity (Wildman–Crippen MR) is 421 cm³/mol. The van der Waals surface area contributed by atoms with Gasteiger partial charge in [0.25, 0.3) is 11.8 Å². The Bertz CT molecular complexity index is 5840. The van der Waals surface area contributed by atoms with E-state index in [2.05, 4.69) is 41.5 Å². The van der Waals surface area contributed by atoms with Crippen molar-refractivity contribution in [3.05, 3.63) is 193 Å². The van der Waals surface area contributed by atoms with E-state index in [4.69, 9.17) is 57.1 Å². The molecule has 9 atom stereocenters. The summed E-state index contributed by atoms with van der Waals surface area (Å²) < 4.78 is 125. The predicted octanol–water partition coefficient (Wildman–Crippen LogP) is 10.9. The fourth-order valence-corrected chi connectivity index (χ4v) is 16.7. The molecule has 27 nitrogen and oxygen atoms in total. The number of aromatic carboxylic acids is 1. The van der Waals surface area contributed by atoms with Crippen LogP contribution in [0.1, 0.15) is 128 Å². The van der Waals surface area contributed by atoms with Gasteiger partial charge in [0.05, 0.1) is 44.9 Å². The van der Waals surface area contributed by atoms with Crippen molar-refractivity contribution in [2.24, 2.45) is 17.2 Å². The summed E-state index contributed by atoms with van der Waals surface area (Å²) in [5.41, 5.74) is 10.7. The molecule has 6 aliphatic rings. The van der Waals surface area contributed by atoms with Crippen LogP contribution in [-0.2, 0) is 54.6 Å². The number of aromatic amines is 3. The Labute approximate surface area is 690 Å². The zero-order valence-electron chi connectivity index (χ0n) is 64.2. The topological polar surface area (TPSA) is 427 Å². The summed E-state index contributed by atoms with van der Waals surface area (Å²) in [6, 6.07) is 17.8. The van der Waals surface area contributed by atoms with Crippen molar-refractivity contribution in [1.29, 1.82) is 5.26 Å². The van der Waals surface area contributed by atoms with Gasteiger partial charge >= 0.3 is 5.97 Å². The minimum atomic E-state index is -1.95. The molecule has 6 aromatic carbocycles. The standard InChI is InChI=1S/C27H25ClF3N5O4.C27H23ClF3N5O3.C18H22ClFN4O3.C9H5F2NO2/c1-26(2,31)9-20(34-23(38)19-8-14-16(30)6-13(29)7-18(14)33-19)24(39)36-11-27(10-21(36)22(32)37)15-5-12(28)3-4-17(15)35-25(27)40;1-26(2,31)10-22(34-23(37)21-8-16-18(30)6-14(29)7-20(16)33-21)24(38)36-12-27(9-15(36)11-32)17-5-13(28)3-4-19(17)35-25(27)39;1-17(2,20)6-11(21)15(26)24-8-18(7-13(24)14(22)25)10-5-9(19)3-4-12(10)23-16(18)27;10-4-1-6(11)5-3-8(9(13)14)12-7(5)2-4/h3-8,20-21,33H,9-11H2,1-2H3,(H2,32,37)(H,34,38)(H,35,40);3-8,15,22,33H,9-10,12H2,1-2H3,(H,34,37)(H,35,39);3-5,11,13H,6-8,21H2,1-2H3,(H2,22,25)(H,23,27);1-3,12H,(H,13,14)/t20-,21-,27-;15-,22-,27-;11-,13-,18-;/m000./s1. The number of carboxylic acids is 1. The number of nitrogens with one attached hydrogen (secondary N) is 8. The van der Waals surface area contributed by atoms with Gasteiger partial charge in [0.2, 0.25) is 47.3 Å². The number of nitriles is 1. The van der Waals surface area contributed by atoms with Gasteiger partial charge in [-0.25, -0.2) is 44.3 Å². The minimum Gasteiger partial charge on any atom is -0.477 e. The lowest BCUT2D eigenvalue weighted by Gasteiger charge is -2.30. The Hall–Kier alpha value is -12.2. The number of hydrogen-bond donors (Lipinski definition) is 12. The van der Waals surface area contributed by atoms with Crippen LogP contribution >= 0.6 is 34.8 Å². The fourth-order valence-electron chi connectivity index (χ4n) is 16.2. The Morgan fingerprint density at radius 3 is 1.14 bits per heavy atom. The summed E-state index contributed by atoms with van der Waals surface area (Å²) >= 11 is 18.4. The third-order valence-corrected chi connectivity index (χ3v) is 22.3. The lowest BCUT2D eigenvalue weighted by molar-refractivity contribution is -0.139. The first-order valence-electron chi connectivity index (χ1n) is 36.9. The van der Waals surface area contributed by atoms with E-state index in [-0.39, 0.29) is 101 Å². The molecule has 3 spiro atoms. The molecule has 3 fully saturated rings. The maximum Gasteiger partial charge on any atom is 0.352 e. The Kier molecular flexibility index (Phi) is 23.6. The monoisotopic (exact) mass is 1730 g/mol. The van der Waals surface area contributed by atoms with E-state index >= 15 is 0 Å². The second kappa shape index (κ2) is 32.5. The lowest BCUT2D eigenvalue weighted by atomic mass is 9.79. The van der Waals surface area contributed by atoms with Gasteiger partial charge in [0, 0.05) is 112 Å². The van der Waals surface area contributed by atoms with Crippen LogP contribution in [0.25, 0.3) is 32.7 Å². The van der Waals surface area contributed by atoms with Crippen LogP contribution in [0.2, 0.25) is 15.1 Å². The van der Waals surface area contributed by atoms with Gasteiger partial charge in [0.15, 0.2) is 0 Å². The summed E-state index contributed by atoms with van der Waals surface area (Å²) in [5, 5.41) is 32.8. The van der Waals surface area contributed by atoms with Crippen molar-refractivity contribution in [3.8, 4) is 6.07 Å². The fraction of sp³-hybridized carbons (Fsp3) is 0.333. The van der Waals surface area contributed by atoms with Crippen molar-refractivity contribution in [1.82, 2.24) is 40.3 Å². The Morgan fingerprint density at radius 1 is 0.492 bits per heavy atom. The van der Waals surface area contributed by atoms with Crippen LogP contribution in [0, 0.1) is 46.2 Å². The molecule has 3 aromatic heterocycles. The van der Waals surface area contributed by atoms with Gasteiger partial charge in [-0.05, 0) is 162 Å². The smallest absolute Gasteiger partial charge is 0.352 e. The average Bonchev–Trinajstić information content (AvgIpc) is 1.58. The highest BCUT2D eigenvalue weighted by Crippen LogP contribution is 2.51. The third kappa shape index (κ3) is 17.5. The number of alkyl halides is 3. The van der Waals surface area contributed by atoms with E-state index < -0.39 is 176 Å². The first kappa shape index (κ1) is 87.1. The van der Waals surface area contributed by atoms with Gasteiger partial charge in [-0.1, -0.05) is 34.8 Å². The summed E-state index contributed by atoms with van der Waals surface area (Å²) in [4.78, 5) is 152. The van der Waals surface area contributed by atoms with E-state index in [9.17, 15) is 97.5 Å². The number of amides is 10. The first-order chi connectivity index (χ1) is 56.0. The van der Waals surface area contributed by atoms with Gasteiger partial charge in [-0.15, -0.1) is 0 Å². The van der Waals surface area contributed by atoms with Gasteiger partial charge < -0.3 is 78.5 Å². The number of carboxylic acid groups (broad SMARTS) is 1. The molecule has 0 radical (unpaired) electrons. The Morgan fingerprint density at radius 2 is 0.808 bits per heavy atom. The molecule has 15 rings (SSSR count). The van der Waals surface area contributed by atoms with Crippen LogP contribution in [0.5, 0.6) is 0 Å². The highest BCUT2D eigenvalue weighted by molar-refractivity contribution is 6.32.